The SMILES string of the molecule is CC(NC(=O)COC(=O)c1ccc(NC(=O)CC#N)cc1)c1cccc2ccccc12. The number of carbonyl (C=O) groups is 3. The number of anilines is 1. The minimum absolute atomic E-state index is 0.244. The highest BCUT2D eigenvalue weighted by atomic mass is 16.5. The molecule has 3 aromatic rings. The van der Waals surface area contributed by atoms with Crippen molar-refractivity contribution >= 4 is 34.2 Å². The first-order valence-electron chi connectivity index (χ1n) is 9.69. The molecular formula is C24H21N3O4. The van der Waals surface area contributed by atoms with Gasteiger partial charge in [0.05, 0.1) is 17.7 Å². The van der Waals surface area contributed by atoms with Gasteiger partial charge in [0, 0.05) is 5.69 Å². The topological polar surface area (TPSA) is 108 Å². The number of nitriles is 1. The van der Waals surface area contributed by atoms with Crippen LogP contribution in [-0.4, -0.2) is 24.4 Å². The van der Waals surface area contributed by atoms with Crippen molar-refractivity contribution < 1.29 is 19.1 Å². The average molecular weight is 415 g/mol. The molecule has 0 radical (unpaired) electrons. The predicted molar refractivity (Wildman–Crippen MR) is 116 cm³/mol. The second kappa shape index (κ2) is 10.0. The Balaban J connectivity index is 1.53. The Morgan fingerprint density at radius 3 is 2.42 bits per heavy atom. The number of carbonyl (C=O) groups excluding carboxylic acids is 3. The summed E-state index contributed by atoms with van der Waals surface area (Å²) in [6.07, 6.45) is -0.254. The van der Waals surface area contributed by atoms with E-state index in [1.165, 1.54) is 24.3 Å². The third-order valence-electron chi connectivity index (χ3n) is 4.65. The molecule has 31 heavy (non-hydrogen) atoms. The van der Waals surface area contributed by atoms with Gasteiger partial charge < -0.3 is 15.4 Å². The van der Waals surface area contributed by atoms with Crippen molar-refractivity contribution in [1.29, 1.82) is 5.26 Å². The van der Waals surface area contributed by atoms with Crippen LogP contribution in [0.3, 0.4) is 0 Å². The van der Waals surface area contributed by atoms with Crippen molar-refractivity contribution in [2.75, 3.05) is 11.9 Å². The summed E-state index contributed by atoms with van der Waals surface area (Å²) in [5.41, 5.74) is 1.68. The van der Waals surface area contributed by atoms with Gasteiger partial charge in [0.1, 0.15) is 6.42 Å². The van der Waals surface area contributed by atoms with Gasteiger partial charge in [-0.25, -0.2) is 4.79 Å². The quantitative estimate of drug-likeness (QED) is 0.572. The fourth-order valence-corrected chi connectivity index (χ4v) is 3.17. The highest BCUT2D eigenvalue weighted by molar-refractivity contribution is 5.94. The van der Waals surface area contributed by atoms with Crippen LogP contribution in [0.15, 0.2) is 66.7 Å². The molecule has 0 aromatic heterocycles. The fraction of sp³-hybridized carbons (Fsp3) is 0.167. The summed E-state index contributed by atoms with van der Waals surface area (Å²) in [6.45, 7) is 1.47. The van der Waals surface area contributed by atoms with Crippen LogP contribution in [0.2, 0.25) is 0 Å². The molecule has 0 saturated heterocycles. The van der Waals surface area contributed by atoms with Crippen LogP contribution >= 0.6 is 0 Å². The molecule has 1 unspecified atom stereocenters. The number of ether oxygens (including phenoxy) is 1. The minimum Gasteiger partial charge on any atom is -0.452 e. The Kier molecular flexibility index (Phi) is 6.97. The molecule has 0 aliphatic heterocycles. The Morgan fingerprint density at radius 2 is 1.68 bits per heavy atom. The first kappa shape index (κ1) is 21.5. The fourth-order valence-electron chi connectivity index (χ4n) is 3.17. The summed E-state index contributed by atoms with van der Waals surface area (Å²) in [5, 5.41) is 16.0. The Bertz CT molecular complexity index is 1140. The van der Waals surface area contributed by atoms with Gasteiger partial charge in [-0.05, 0) is 47.5 Å². The second-order valence-electron chi connectivity index (χ2n) is 6.89. The van der Waals surface area contributed by atoms with Crippen molar-refractivity contribution in [3.05, 3.63) is 77.9 Å². The lowest BCUT2D eigenvalue weighted by molar-refractivity contribution is -0.124. The zero-order chi connectivity index (χ0) is 22.2. The molecule has 7 heteroatoms. The largest absolute Gasteiger partial charge is 0.452 e. The summed E-state index contributed by atoms with van der Waals surface area (Å²) in [6, 6.07) is 21.3. The molecule has 156 valence electrons. The molecule has 0 aliphatic rings. The molecule has 3 rings (SSSR count). The van der Waals surface area contributed by atoms with E-state index in [0.717, 1.165) is 16.3 Å². The molecule has 2 N–H and O–H groups in total. The van der Waals surface area contributed by atoms with Gasteiger partial charge in [-0.3, -0.25) is 9.59 Å². The maximum absolute atomic E-state index is 12.3. The number of hydrogen-bond donors (Lipinski definition) is 2. The number of esters is 1. The van der Waals surface area contributed by atoms with Crippen LogP contribution in [0, 0.1) is 11.3 Å². The van der Waals surface area contributed by atoms with E-state index in [1.807, 2.05) is 49.4 Å². The lowest BCUT2D eigenvalue weighted by Crippen LogP contribution is -2.31. The van der Waals surface area contributed by atoms with Crippen molar-refractivity contribution in [2.45, 2.75) is 19.4 Å². The van der Waals surface area contributed by atoms with E-state index in [2.05, 4.69) is 10.6 Å². The van der Waals surface area contributed by atoms with E-state index < -0.39 is 24.4 Å². The molecule has 0 fully saturated rings. The number of hydrogen-bond acceptors (Lipinski definition) is 5. The van der Waals surface area contributed by atoms with Gasteiger partial charge in [0.15, 0.2) is 6.61 Å². The molecule has 0 heterocycles. The van der Waals surface area contributed by atoms with Gasteiger partial charge >= 0.3 is 5.97 Å². The van der Waals surface area contributed by atoms with Crippen LogP contribution in [0.1, 0.15) is 35.3 Å². The van der Waals surface area contributed by atoms with E-state index in [9.17, 15) is 14.4 Å². The molecule has 0 saturated carbocycles. The molecule has 1 atom stereocenters. The summed E-state index contributed by atoms with van der Waals surface area (Å²) < 4.78 is 5.09. The van der Waals surface area contributed by atoms with Crippen molar-refractivity contribution in [3.8, 4) is 6.07 Å². The molecule has 0 bridgehead atoms. The van der Waals surface area contributed by atoms with Crippen molar-refractivity contribution in [1.82, 2.24) is 5.32 Å². The third-order valence-corrected chi connectivity index (χ3v) is 4.65. The summed E-state index contributed by atoms with van der Waals surface area (Å²) in [7, 11) is 0. The Labute approximate surface area is 179 Å². The summed E-state index contributed by atoms with van der Waals surface area (Å²) in [5.74, 6) is -1.49. The number of nitrogens with zero attached hydrogens (tertiary/aromatic N) is 1. The zero-order valence-corrected chi connectivity index (χ0v) is 16.9. The second-order valence-corrected chi connectivity index (χ2v) is 6.89. The van der Waals surface area contributed by atoms with E-state index >= 15 is 0 Å². The highest BCUT2D eigenvalue weighted by Gasteiger charge is 2.15. The average Bonchev–Trinajstić information content (AvgIpc) is 2.77. The van der Waals surface area contributed by atoms with E-state index in [-0.39, 0.29) is 18.0 Å². The molecule has 2 amide bonds. The number of amides is 2. The van der Waals surface area contributed by atoms with Crippen LogP contribution in [0.25, 0.3) is 10.8 Å². The summed E-state index contributed by atoms with van der Waals surface area (Å²) in [4.78, 5) is 35.9. The van der Waals surface area contributed by atoms with Gasteiger partial charge in [-0.15, -0.1) is 0 Å². The van der Waals surface area contributed by atoms with Crippen LogP contribution in [0.5, 0.6) is 0 Å². The van der Waals surface area contributed by atoms with Gasteiger partial charge in [-0.1, -0.05) is 42.5 Å². The molecule has 0 aliphatic carbocycles. The van der Waals surface area contributed by atoms with Crippen LogP contribution < -0.4 is 10.6 Å². The van der Waals surface area contributed by atoms with Gasteiger partial charge in [0.2, 0.25) is 5.91 Å². The first-order valence-corrected chi connectivity index (χ1v) is 9.69. The van der Waals surface area contributed by atoms with E-state index in [0.29, 0.717) is 5.69 Å². The Hall–Kier alpha value is -4.18. The molecule has 7 nitrogen and oxygen atoms in total. The zero-order valence-electron chi connectivity index (χ0n) is 16.9. The lowest BCUT2D eigenvalue weighted by atomic mass is 10.00. The maximum Gasteiger partial charge on any atom is 0.338 e. The van der Waals surface area contributed by atoms with Gasteiger partial charge in [0.25, 0.3) is 5.91 Å². The first-order chi connectivity index (χ1) is 15.0. The molecular weight excluding hydrogens is 394 g/mol. The van der Waals surface area contributed by atoms with E-state index in [1.54, 1.807) is 6.07 Å². The normalized spacial score (nSPS) is 11.2. The van der Waals surface area contributed by atoms with Crippen LogP contribution in [0.4, 0.5) is 5.69 Å². The number of nitrogens with one attached hydrogen (secondary N) is 2. The minimum atomic E-state index is -0.650. The van der Waals surface area contributed by atoms with Crippen molar-refractivity contribution in [2.24, 2.45) is 0 Å². The standard InChI is InChI=1S/C24H21N3O4/c1-16(20-8-4-6-17-5-2-3-7-21(17)20)26-23(29)15-31-24(30)18-9-11-19(12-10-18)27-22(28)13-14-25/h2-12,16H,13,15H2,1H3,(H,26,29)(H,27,28). The maximum atomic E-state index is 12.3. The predicted octanol–water partition coefficient (Wildman–Crippen LogP) is 3.73. The molecule has 3 aromatic carbocycles. The van der Waals surface area contributed by atoms with E-state index in [4.69, 9.17) is 10.00 Å². The van der Waals surface area contributed by atoms with Gasteiger partial charge in [-0.2, -0.15) is 5.26 Å². The van der Waals surface area contributed by atoms with Crippen LogP contribution in [-0.2, 0) is 14.3 Å². The molecule has 0 spiro atoms. The summed E-state index contributed by atoms with van der Waals surface area (Å²) >= 11 is 0. The Morgan fingerprint density at radius 1 is 0.968 bits per heavy atom. The number of fused-ring (bicyclic) bond motifs is 1. The smallest absolute Gasteiger partial charge is 0.338 e. The number of benzene rings is 3. The van der Waals surface area contributed by atoms with Crippen molar-refractivity contribution in [3.63, 3.8) is 0 Å². The number of rotatable bonds is 7. The monoisotopic (exact) mass is 415 g/mol. The lowest BCUT2D eigenvalue weighted by Gasteiger charge is -2.16. The third kappa shape index (κ3) is 5.67. The highest BCUT2D eigenvalue weighted by Crippen LogP contribution is 2.24.